The number of rotatable bonds is 9. The van der Waals surface area contributed by atoms with E-state index in [4.69, 9.17) is 4.74 Å². The Kier molecular flexibility index (Phi) is 7.91. The highest BCUT2D eigenvalue weighted by Crippen LogP contribution is 2.55. The Hall–Kier alpha value is -3.39. The van der Waals surface area contributed by atoms with Crippen molar-refractivity contribution in [1.29, 1.82) is 0 Å². The van der Waals surface area contributed by atoms with Crippen LogP contribution in [0.1, 0.15) is 22.3 Å². The first-order chi connectivity index (χ1) is 19.2. The Morgan fingerprint density at radius 2 is 0.875 bits per heavy atom. The molecule has 0 aliphatic carbocycles. The quantitative estimate of drug-likeness (QED) is 0.255. The van der Waals surface area contributed by atoms with Gasteiger partial charge < -0.3 is 25.2 Å². The summed E-state index contributed by atoms with van der Waals surface area (Å²) in [5.41, 5.74) is -5.14. The summed E-state index contributed by atoms with van der Waals surface area (Å²) in [4.78, 5) is 0. The minimum Gasteiger partial charge on any atom is -0.394 e. The Labute approximate surface area is 234 Å². The third-order valence-corrected chi connectivity index (χ3v) is 8.24. The van der Waals surface area contributed by atoms with Crippen LogP contribution >= 0.6 is 0 Å². The van der Waals surface area contributed by atoms with Crippen molar-refractivity contribution in [3.05, 3.63) is 144 Å². The highest BCUT2D eigenvalue weighted by Gasteiger charge is 2.77. The monoisotopic (exact) mass is 542 g/mol. The van der Waals surface area contributed by atoms with Gasteiger partial charge in [-0.2, -0.15) is 0 Å². The number of benzene rings is 4. The number of hydrogen-bond donors (Lipinski definition) is 4. The van der Waals surface area contributed by atoms with E-state index in [0.29, 0.717) is 22.3 Å². The molecule has 1 aliphatic rings. The van der Waals surface area contributed by atoms with Crippen LogP contribution in [0, 0.1) is 0 Å². The SMILES string of the molecule is OC[C@H]1OC(F)(Cc2ccccc2)[C@@](O)(Cc2ccccc2)[C@](O)(Cc2ccccc2)[C@@]1(O)Cc1ccccc1. The normalized spacial score (nSPS) is 30.2. The molecule has 0 bridgehead atoms. The Morgan fingerprint density at radius 1 is 0.525 bits per heavy atom. The lowest BCUT2D eigenvalue weighted by Crippen LogP contribution is -2.85. The third kappa shape index (κ3) is 4.98. The second kappa shape index (κ2) is 11.2. The van der Waals surface area contributed by atoms with Crippen LogP contribution in [0.25, 0.3) is 0 Å². The molecule has 5 nitrogen and oxygen atoms in total. The molecule has 0 aromatic heterocycles. The Bertz CT molecular complexity index is 1370. The van der Waals surface area contributed by atoms with Crippen molar-refractivity contribution in [3.63, 3.8) is 0 Å². The van der Waals surface area contributed by atoms with Gasteiger partial charge in [0.2, 0.25) is 5.85 Å². The molecule has 4 aromatic rings. The first-order valence-corrected chi connectivity index (χ1v) is 13.5. The minimum atomic E-state index is -2.88. The fourth-order valence-electron chi connectivity index (χ4n) is 6.12. The predicted molar refractivity (Wildman–Crippen MR) is 151 cm³/mol. The van der Waals surface area contributed by atoms with E-state index in [9.17, 15) is 20.4 Å². The van der Waals surface area contributed by atoms with Crippen LogP contribution < -0.4 is 0 Å². The molecular formula is C34H35FO5. The average molecular weight is 543 g/mol. The number of halogens is 1. The first-order valence-electron chi connectivity index (χ1n) is 13.5. The van der Waals surface area contributed by atoms with Gasteiger partial charge in [-0.15, -0.1) is 0 Å². The fraction of sp³-hybridized carbons (Fsp3) is 0.294. The fourth-order valence-corrected chi connectivity index (χ4v) is 6.12. The van der Waals surface area contributed by atoms with Crippen molar-refractivity contribution in [2.24, 2.45) is 0 Å². The lowest BCUT2D eigenvalue weighted by molar-refractivity contribution is -0.420. The van der Waals surface area contributed by atoms with E-state index in [1.54, 1.807) is 109 Å². The molecule has 0 saturated carbocycles. The van der Waals surface area contributed by atoms with E-state index in [0.717, 1.165) is 0 Å². The van der Waals surface area contributed by atoms with Crippen molar-refractivity contribution in [3.8, 4) is 0 Å². The van der Waals surface area contributed by atoms with E-state index in [1.165, 1.54) is 0 Å². The molecule has 6 heteroatoms. The molecule has 1 saturated heterocycles. The second-order valence-corrected chi connectivity index (χ2v) is 10.8. The Balaban J connectivity index is 1.74. The number of aliphatic hydroxyl groups excluding tert-OH is 1. The summed E-state index contributed by atoms with van der Waals surface area (Å²) in [6, 6.07) is 35.4. The van der Waals surface area contributed by atoms with Crippen molar-refractivity contribution in [1.82, 2.24) is 0 Å². The third-order valence-electron chi connectivity index (χ3n) is 8.24. The van der Waals surface area contributed by atoms with Gasteiger partial charge in [-0.25, -0.2) is 4.39 Å². The summed E-state index contributed by atoms with van der Waals surface area (Å²) in [7, 11) is 0. The molecule has 40 heavy (non-hydrogen) atoms. The standard InChI is InChI=1S/C34H35FO5/c35-34(24-29-19-11-4-12-20-29)33(39,23-28-17-9-3-10-18-28)32(38,22-27-15-7-2-8-16-27)31(37,30(25-36)40-34)21-26-13-5-1-6-14-26/h1-20,30,36-39H,21-25H2/t30-,31-,32+,33-,34?/m1/s1. The maximum absolute atomic E-state index is 17.7. The molecule has 208 valence electrons. The molecule has 1 fully saturated rings. The Morgan fingerprint density at radius 3 is 1.27 bits per heavy atom. The molecule has 1 unspecified atom stereocenters. The molecule has 5 atom stereocenters. The van der Waals surface area contributed by atoms with Crippen LogP contribution in [0.4, 0.5) is 4.39 Å². The lowest BCUT2D eigenvalue weighted by atomic mass is 9.57. The van der Waals surface area contributed by atoms with Crippen LogP contribution in [0.15, 0.2) is 121 Å². The highest BCUT2D eigenvalue weighted by molar-refractivity contribution is 5.35. The van der Waals surface area contributed by atoms with Gasteiger partial charge in [-0.1, -0.05) is 121 Å². The zero-order valence-corrected chi connectivity index (χ0v) is 22.2. The highest BCUT2D eigenvalue weighted by atomic mass is 19.2. The molecule has 0 radical (unpaired) electrons. The maximum Gasteiger partial charge on any atom is 0.246 e. The van der Waals surface area contributed by atoms with E-state index in [-0.39, 0.29) is 19.3 Å². The largest absolute Gasteiger partial charge is 0.394 e. The van der Waals surface area contributed by atoms with Crippen LogP contribution in [-0.4, -0.2) is 55.8 Å². The topological polar surface area (TPSA) is 90.2 Å². The number of alkyl halides is 1. The summed E-state index contributed by atoms with van der Waals surface area (Å²) in [5.74, 6) is -2.88. The van der Waals surface area contributed by atoms with E-state index >= 15 is 4.39 Å². The van der Waals surface area contributed by atoms with E-state index < -0.39 is 41.8 Å². The van der Waals surface area contributed by atoms with Crippen molar-refractivity contribution >= 4 is 0 Å². The van der Waals surface area contributed by atoms with Gasteiger partial charge >= 0.3 is 0 Å². The van der Waals surface area contributed by atoms with Crippen molar-refractivity contribution in [2.75, 3.05) is 6.61 Å². The number of aliphatic hydroxyl groups is 4. The average Bonchev–Trinajstić information content (AvgIpc) is 2.97. The van der Waals surface area contributed by atoms with E-state index in [1.807, 2.05) is 12.1 Å². The smallest absolute Gasteiger partial charge is 0.246 e. The predicted octanol–water partition coefficient (Wildman–Crippen LogP) is 4.21. The number of hydrogen-bond acceptors (Lipinski definition) is 5. The van der Waals surface area contributed by atoms with Crippen molar-refractivity contribution < 1.29 is 29.6 Å². The van der Waals surface area contributed by atoms with Crippen molar-refractivity contribution in [2.45, 2.75) is 54.4 Å². The van der Waals surface area contributed by atoms with Gasteiger partial charge in [0.25, 0.3) is 0 Å². The van der Waals surface area contributed by atoms with E-state index in [2.05, 4.69) is 0 Å². The molecule has 1 heterocycles. The zero-order chi connectivity index (χ0) is 28.3. The molecular weight excluding hydrogens is 507 g/mol. The second-order valence-electron chi connectivity index (χ2n) is 10.8. The van der Waals surface area contributed by atoms with Crippen LogP contribution in [0.5, 0.6) is 0 Å². The summed E-state index contributed by atoms with van der Waals surface area (Å²) >= 11 is 0. The van der Waals surface area contributed by atoms with Gasteiger partial charge in [0.15, 0.2) is 5.60 Å². The van der Waals surface area contributed by atoms with Gasteiger partial charge in [0.1, 0.15) is 17.3 Å². The van der Waals surface area contributed by atoms with Gasteiger partial charge in [0.05, 0.1) is 6.61 Å². The molecule has 0 amide bonds. The molecule has 1 aliphatic heterocycles. The summed E-state index contributed by atoms with van der Waals surface area (Å²) in [6.45, 7) is -0.775. The minimum absolute atomic E-state index is 0.194. The first kappa shape index (κ1) is 28.1. The van der Waals surface area contributed by atoms with Crippen LogP contribution in [0.3, 0.4) is 0 Å². The lowest BCUT2D eigenvalue weighted by Gasteiger charge is -2.63. The molecule has 0 spiro atoms. The molecule has 4 N–H and O–H groups in total. The molecule has 4 aromatic carbocycles. The molecule has 5 rings (SSSR count). The zero-order valence-electron chi connectivity index (χ0n) is 22.2. The van der Waals surface area contributed by atoms with Crippen LogP contribution in [-0.2, 0) is 30.4 Å². The summed E-state index contributed by atoms with van der Waals surface area (Å²) in [5, 5.41) is 48.6. The number of ether oxygens (including phenoxy) is 1. The van der Waals surface area contributed by atoms with Gasteiger partial charge in [-0.05, 0) is 22.3 Å². The van der Waals surface area contributed by atoms with Gasteiger partial charge in [0, 0.05) is 25.7 Å². The van der Waals surface area contributed by atoms with Crippen LogP contribution in [0.2, 0.25) is 0 Å². The summed E-state index contributed by atoms with van der Waals surface area (Å²) in [6.07, 6.45) is -2.80. The summed E-state index contributed by atoms with van der Waals surface area (Å²) < 4.78 is 23.6. The maximum atomic E-state index is 17.7. The van der Waals surface area contributed by atoms with Gasteiger partial charge in [-0.3, -0.25) is 0 Å².